The van der Waals surface area contributed by atoms with Gasteiger partial charge in [0, 0.05) is 50.3 Å². The van der Waals surface area contributed by atoms with Crippen LogP contribution in [0.4, 0.5) is 17.1 Å². The first-order valence-electron chi connectivity index (χ1n) is 16.3. The van der Waals surface area contributed by atoms with Gasteiger partial charge in [0.15, 0.2) is 0 Å². The van der Waals surface area contributed by atoms with E-state index in [1.54, 1.807) is 0 Å². The number of rotatable bonds is 3. The summed E-state index contributed by atoms with van der Waals surface area (Å²) in [4.78, 5) is 12.1. The Morgan fingerprint density at radius 3 is 2.08 bits per heavy atom. The molecule has 10 rings (SSSR count). The third-order valence-electron chi connectivity index (χ3n) is 9.57. The summed E-state index contributed by atoms with van der Waals surface area (Å²) in [5, 5.41) is 4.65. The first-order chi connectivity index (χ1) is 23.8. The molecule has 48 heavy (non-hydrogen) atoms. The van der Waals surface area contributed by atoms with Gasteiger partial charge in [-0.1, -0.05) is 109 Å². The highest BCUT2D eigenvalue weighted by Gasteiger charge is 2.31. The Hall–Kier alpha value is -6.52. The highest BCUT2D eigenvalue weighted by atomic mass is 15.2. The molecule has 1 aliphatic rings. The minimum absolute atomic E-state index is 0.984. The Bertz CT molecular complexity index is 2700. The SMILES string of the molecule is c1cc(-c2nccc3ccccc23)cc(-n2c3c(c4ccccc42)-c2ccccc2N(c2cnc4ccccc4c2)c2ccccc2-3)c1. The van der Waals surface area contributed by atoms with E-state index in [1.165, 1.54) is 27.6 Å². The summed E-state index contributed by atoms with van der Waals surface area (Å²) in [6.45, 7) is 0. The van der Waals surface area contributed by atoms with Crippen molar-refractivity contribution < 1.29 is 0 Å². The number of anilines is 3. The molecule has 4 heterocycles. The van der Waals surface area contributed by atoms with Gasteiger partial charge in [-0.2, -0.15) is 0 Å². The van der Waals surface area contributed by atoms with Crippen LogP contribution in [-0.4, -0.2) is 14.5 Å². The maximum atomic E-state index is 4.89. The van der Waals surface area contributed by atoms with Gasteiger partial charge in [-0.25, -0.2) is 0 Å². The van der Waals surface area contributed by atoms with Crippen LogP contribution in [0.5, 0.6) is 0 Å². The van der Waals surface area contributed by atoms with E-state index in [2.05, 4.69) is 161 Å². The molecule has 4 heteroatoms. The molecule has 0 fully saturated rings. The quantitative estimate of drug-likeness (QED) is 0.199. The first kappa shape index (κ1) is 26.7. The fourth-order valence-electron chi connectivity index (χ4n) is 7.52. The molecule has 0 radical (unpaired) electrons. The summed E-state index contributed by atoms with van der Waals surface area (Å²) >= 11 is 0. The van der Waals surface area contributed by atoms with Crippen molar-refractivity contribution in [2.45, 2.75) is 0 Å². The van der Waals surface area contributed by atoms with E-state index in [-0.39, 0.29) is 0 Å². The topological polar surface area (TPSA) is 34.0 Å². The van der Waals surface area contributed by atoms with Crippen LogP contribution in [0.1, 0.15) is 0 Å². The monoisotopic (exact) mass is 612 g/mol. The van der Waals surface area contributed by atoms with Crippen LogP contribution in [0, 0.1) is 0 Å². The van der Waals surface area contributed by atoms with Gasteiger partial charge in [0.1, 0.15) is 0 Å². The second kappa shape index (κ2) is 10.5. The molecule has 0 spiro atoms. The van der Waals surface area contributed by atoms with Crippen molar-refractivity contribution in [3.05, 3.63) is 170 Å². The smallest absolute Gasteiger partial charge is 0.0781 e. The first-order valence-corrected chi connectivity index (χ1v) is 16.3. The third kappa shape index (κ3) is 3.96. The highest BCUT2D eigenvalue weighted by molar-refractivity contribution is 6.13. The Balaban J connectivity index is 1.28. The normalized spacial score (nSPS) is 12.1. The molecule has 9 aromatic rings. The Kier molecular flexibility index (Phi) is 5.84. The number of benzene rings is 6. The summed E-state index contributed by atoms with van der Waals surface area (Å²) in [6.07, 6.45) is 3.91. The van der Waals surface area contributed by atoms with Crippen LogP contribution >= 0.6 is 0 Å². The fraction of sp³-hybridized carbons (Fsp3) is 0. The molecule has 0 N–H and O–H groups in total. The highest BCUT2D eigenvalue weighted by Crippen LogP contribution is 2.54. The lowest BCUT2D eigenvalue weighted by atomic mass is 9.98. The predicted molar refractivity (Wildman–Crippen MR) is 198 cm³/mol. The number of pyridine rings is 2. The van der Waals surface area contributed by atoms with Crippen LogP contribution in [-0.2, 0) is 0 Å². The lowest BCUT2D eigenvalue weighted by Gasteiger charge is -2.27. The summed E-state index contributed by atoms with van der Waals surface area (Å²) in [6, 6.07) is 56.2. The number of hydrogen-bond acceptors (Lipinski definition) is 3. The van der Waals surface area contributed by atoms with Gasteiger partial charge in [-0.15, -0.1) is 0 Å². The molecule has 4 nitrogen and oxygen atoms in total. The third-order valence-corrected chi connectivity index (χ3v) is 9.57. The van der Waals surface area contributed by atoms with E-state index in [0.29, 0.717) is 0 Å². The van der Waals surface area contributed by atoms with E-state index in [9.17, 15) is 0 Å². The van der Waals surface area contributed by atoms with Gasteiger partial charge in [0.25, 0.3) is 0 Å². The lowest BCUT2D eigenvalue weighted by molar-refractivity contribution is 1.13. The minimum atomic E-state index is 0.984. The standard InChI is InChI=1S/C44H28N4/c1-3-16-34-29(12-1)24-25-45-43(34)31-14-11-15-32(27-31)48-40-22-9-5-18-36(40)42-35-17-4-8-21-39(35)47(41-23-10-6-19-37(41)44(42)48)33-26-30-13-2-7-20-38(30)46-28-33/h1-28H. The second-order valence-electron chi connectivity index (χ2n) is 12.3. The molecule has 3 aromatic heterocycles. The summed E-state index contributed by atoms with van der Waals surface area (Å²) in [5.41, 5.74) is 13.3. The molecule has 1 aliphatic heterocycles. The summed E-state index contributed by atoms with van der Waals surface area (Å²) in [5.74, 6) is 0. The molecular formula is C44H28N4. The van der Waals surface area contributed by atoms with Gasteiger partial charge < -0.3 is 9.47 Å². The molecule has 0 saturated heterocycles. The van der Waals surface area contributed by atoms with Gasteiger partial charge in [-0.05, 0) is 53.9 Å². The second-order valence-corrected chi connectivity index (χ2v) is 12.3. The molecule has 0 aliphatic carbocycles. The molecular weight excluding hydrogens is 585 g/mol. The maximum Gasteiger partial charge on any atom is 0.0781 e. The average Bonchev–Trinajstić information content (AvgIpc) is 3.44. The van der Waals surface area contributed by atoms with Crippen LogP contribution in [0.2, 0.25) is 0 Å². The summed E-state index contributed by atoms with van der Waals surface area (Å²) in [7, 11) is 0. The van der Waals surface area contributed by atoms with E-state index in [1.807, 2.05) is 18.5 Å². The fourth-order valence-corrected chi connectivity index (χ4v) is 7.52. The lowest BCUT2D eigenvalue weighted by Crippen LogP contribution is -2.11. The zero-order valence-electron chi connectivity index (χ0n) is 26.0. The predicted octanol–water partition coefficient (Wildman–Crippen LogP) is 11.5. The van der Waals surface area contributed by atoms with Crippen molar-refractivity contribution in [2.24, 2.45) is 0 Å². The van der Waals surface area contributed by atoms with Crippen molar-refractivity contribution in [1.29, 1.82) is 0 Å². The van der Waals surface area contributed by atoms with Crippen molar-refractivity contribution >= 4 is 49.6 Å². The van der Waals surface area contributed by atoms with Crippen molar-refractivity contribution in [1.82, 2.24) is 14.5 Å². The molecule has 6 aromatic carbocycles. The molecule has 0 bridgehead atoms. The molecule has 0 saturated carbocycles. The molecule has 0 atom stereocenters. The molecule has 0 amide bonds. The van der Waals surface area contributed by atoms with E-state index in [0.717, 1.165) is 61.4 Å². The van der Waals surface area contributed by atoms with E-state index >= 15 is 0 Å². The maximum absolute atomic E-state index is 4.89. The van der Waals surface area contributed by atoms with Crippen molar-refractivity contribution in [3.63, 3.8) is 0 Å². The Morgan fingerprint density at radius 1 is 0.479 bits per heavy atom. The minimum Gasteiger partial charge on any atom is -0.309 e. The number of aromatic nitrogens is 3. The number of para-hydroxylation sites is 4. The number of fused-ring (bicyclic) bond motifs is 9. The Labute approximate surface area is 277 Å². The van der Waals surface area contributed by atoms with Crippen LogP contribution in [0.3, 0.4) is 0 Å². The zero-order chi connectivity index (χ0) is 31.6. The Morgan fingerprint density at radius 2 is 1.19 bits per heavy atom. The van der Waals surface area contributed by atoms with E-state index in [4.69, 9.17) is 9.97 Å². The van der Waals surface area contributed by atoms with Gasteiger partial charge in [-0.3, -0.25) is 9.97 Å². The van der Waals surface area contributed by atoms with Gasteiger partial charge >= 0.3 is 0 Å². The van der Waals surface area contributed by atoms with Gasteiger partial charge in [0.05, 0.1) is 45.7 Å². The average molecular weight is 613 g/mol. The molecule has 0 unspecified atom stereocenters. The van der Waals surface area contributed by atoms with Crippen LogP contribution in [0.15, 0.2) is 170 Å². The van der Waals surface area contributed by atoms with Crippen LogP contribution in [0.25, 0.3) is 71.9 Å². The summed E-state index contributed by atoms with van der Waals surface area (Å²) < 4.78 is 2.44. The van der Waals surface area contributed by atoms with Crippen LogP contribution < -0.4 is 4.90 Å². The van der Waals surface area contributed by atoms with Crippen molar-refractivity contribution in [2.75, 3.05) is 4.90 Å². The largest absolute Gasteiger partial charge is 0.309 e. The number of hydrogen-bond donors (Lipinski definition) is 0. The zero-order valence-corrected chi connectivity index (χ0v) is 26.0. The molecule has 224 valence electrons. The number of nitrogens with zero attached hydrogens (tertiary/aromatic N) is 4. The van der Waals surface area contributed by atoms with Crippen molar-refractivity contribution in [3.8, 4) is 39.3 Å². The van der Waals surface area contributed by atoms with E-state index < -0.39 is 0 Å². The van der Waals surface area contributed by atoms with Gasteiger partial charge in [0.2, 0.25) is 0 Å².